The molecule has 1 aliphatic carbocycles. The number of hydrazone groups is 1. The zero-order chi connectivity index (χ0) is 18.9. The summed E-state index contributed by atoms with van der Waals surface area (Å²) in [6.45, 7) is 0.534. The Morgan fingerprint density at radius 2 is 1.93 bits per heavy atom. The Morgan fingerprint density at radius 1 is 1.15 bits per heavy atom. The first-order valence-electron chi connectivity index (χ1n) is 9.26. The minimum absolute atomic E-state index is 0.468. The highest BCUT2D eigenvalue weighted by Gasteiger charge is 2.13. The molecule has 0 amide bonds. The molecule has 6 heteroatoms. The molecule has 2 aromatic carbocycles. The van der Waals surface area contributed by atoms with Crippen molar-refractivity contribution < 1.29 is 4.74 Å². The molecule has 0 heterocycles. The Labute approximate surface area is 174 Å². The number of rotatable bonds is 6. The molecule has 0 aromatic heterocycles. The van der Waals surface area contributed by atoms with Gasteiger partial charge in [-0.1, -0.05) is 65.5 Å². The molecule has 0 bridgehead atoms. The smallest absolute Gasteiger partial charge is 0.187 e. The van der Waals surface area contributed by atoms with E-state index >= 15 is 0 Å². The lowest BCUT2D eigenvalue weighted by atomic mass is 9.96. The minimum atomic E-state index is 0.468. The van der Waals surface area contributed by atoms with Crippen molar-refractivity contribution in [2.75, 3.05) is 0 Å². The number of benzene rings is 2. The molecule has 27 heavy (non-hydrogen) atoms. The molecule has 0 saturated heterocycles. The number of thiocarbonyl (C=S) groups is 1. The van der Waals surface area contributed by atoms with Crippen molar-refractivity contribution in [1.82, 2.24) is 10.7 Å². The monoisotopic (exact) mass is 445 g/mol. The molecule has 0 spiro atoms. The van der Waals surface area contributed by atoms with Crippen molar-refractivity contribution in [3.63, 3.8) is 0 Å². The van der Waals surface area contributed by atoms with Crippen LogP contribution in [0.3, 0.4) is 0 Å². The predicted octanol–water partition coefficient (Wildman–Crippen LogP) is 5.16. The molecule has 1 saturated carbocycles. The highest BCUT2D eigenvalue weighted by molar-refractivity contribution is 9.10. The maximum absolute atomic E-state index is 5.87. The van der Waals surface area contributed by atoms with Crippen LogP contribution < -0.4 is 15.5 Å². The summed E-state index contributed by atoms with van der Waals surface area (Å²) < 4.78 is 6.82. The van der Waals surface area contributed by atoms with Crippen LogP contribution in [0.5, 0.6) is 5.75 Å². The van der Waals surface area contributed by atoms with Gasteiger partial charge in [-0.2, -0.15) is 5.10 Å². The van der Waals surface area contributed by atoms with Crippen LogP contribution in [-0.4, -0.2) is 17.4 Å². The summed E-state index contributed by atoms with van der Waals surface area (Å²) >= 11 is 8.88. The van der Waals surface area contributed by atoms with Gasteiger partial charge in [-0.05, 0) is 48.8 Å². The summed E-state index contributed by atoms with van der Waals surface area (Å²) in [4.78, 5) is 0. The molecule has 1 fully saturated rings. The van der Waals surface area contributed by atoms with Crippen LogP contribution in [0.25, 0.3) is 0 Å². The molecule has 2 N–H and O–H groups in total. The molecular formula is C21H24BrN3OS. The zero-order valence-corrected chi connectivity index (χ0v) is 17.6. The number of nitrogens with one attached hydrogen (secondary N) is 2. The van der Waals surface area contributed by atoms with Crippen LogP contribution >= 0.6 is 28.1 Å². The van der Waals surface area contributed by atoms with Crippen molar-refractivity contribution in [3.8, 4) is 5.75 Å². The Kier molecular flexibility index (Phi) is 7.66. The van der Waals surface area contributed by atoms with Crippen molar-refractivity contribution in [1.29, 1.82) is 0 Å². The van der Waals surface area contributed by atoms with Crippen LogP contribution in [0.2, 0.25) is 0 Å². The standard InChI is InChI=1S/C21H24BrN3OS/c22-20-12-11-19(26-15-16-7-3-1-4-8-16)13-17(20)14-23-25-21(27)24-18-9-5-2-6-10-18/h1,3-4,7-8,11-14,18H,2,5-6,9-10,15H2,(H2,24,25,27). The SMILES string of the molecule is S=C(NN=Cc1cc(OCc2ccccc2)ccc1Br)NC1CCCCC1. The summed E-state index contributed by atoms with van der Waals surface area (Å²) in [5, 5.41) is 8.18. The number of halogens is 1. The highest BCUT2D eigenvalue weighted by Crippen LogP contribution is 2.22. The van der Waals surface area contributed by atoms with E-state index in [1.165, 1.54) is 32.1 Å². The first-order valence-corrected chi connectivity index (χ1v) is 10.5. The predicted molar refractivity (Wildman–Crippen MR) is 118 cm³/mol. The molecule has 142 valence electrons. The highest BCUT2D eigenvalue weighted by atomic mass is 79.9. The fraction of sp³-hybridized carbons (Fsp3) is 0.333. The second-order valence-electron chi connectivity index (χ2n) is 6.64. The Morgan fingerprint density at radius 3 is 2.70 bits per heavy atom. The second-order valence-corrected chi connectivity index (χ2v) is 7.90. The minimum Gasteiger partial charge on any atom is -0.489 e. The number of ether oxygens (including phenoxy) is 1. The van der Waals surface area contributed by atoms with Gasteiger partial charge in [-0.3, -0.25) is 5.43 Å². The van der Waals surface area contributed by atoms with E-state index in [1.807, 2.05) is 48.5 Å². The summed E-state index contributed by atoms with van der Waals surface area (Å²) in [6.07, 6.45) is 7.97. The fourth-order valence-corrected chi connectivity index (χ4v) is 3.64. The lowest BCUT2D eigenvalue weighted by Gasteiger charge is -2.23. The summed E-state index contributed by atoms with van der Waals surface area (Å²) in [6, 6.07) is 16.4. The zero-order valence-electron chi connectivity index (χ0n) is 15.2. The largest absolute Gasteiger partial charge is 0.489 e. The Hall–Kier alpha value is -1.92. The summed E-state index contributed by atoms with van der Waals surface area (Å²) in [7, 11) is 0. The molecule has 1 aliphatic rings. The summed E-state index contributed by atoms with van der Waals surface area (Å²) in [5.41, 5.74) is 4.97. The molecule has 4 nitrogen and oxygen atoms in total. The Balaban J connectivity index is 1.52. The number of nitrogens with zero attached hydrogens (tertiary/aromatic N) is 1. The maximum Gasteiger partial charge on any atom is 0.187 e. The molecule has 0 unspecified atom stereocenters. The van der Waals surface area contributed by atoms with E-state index in [0.717, 1.165) is 21.3 Å². The van der Waals surface area contributed by atoms with Gasteiger partial charge in [0.15, 0.2) is 5.11 Å². The van der Waals surface area contributed by atoms with Crippen LogP contribution in [0.4, 0.5) is 0 Å². The fourth-order valence-electron chi connectivity index (χ4n) is 3.08. The van der Waals surface area contributed by atoms with Crippen LogP contribution in [-0.2, 0) is 6.61 Å². The Bertz CT molecular complexity index is 776. The molecule has 0 aliphatic heterocycles. The van der Waals surface area contributed by atoms with Crippen molar-refractivity contribution in [3.05, 3.63) is 64.1 Å². The van der Waals surface area contributed by atoms with Gasteiger partial charge in [-0.15, -0.1) is 0 Å². The lowest BCUT2D eigenvalue weighted by molar-refractivity contribution is 0.306. The van der Waals surface area contributed by atoms with E-state index in [4.69, 9.17) is 17.0 Å². The van der Waals surface area contributed by atoms with E-state index in [-0.39, 0.29) is 0 Å². The van der Waals surface area contributed by atoms with Gasteiger partial charge in [0.2, 0.25) is 0 Å². The third-order valence-electron chi connectivity index (χ3n) is 4.53. The van der Waals surface area contributed by atoms with E-state index in [1.54, 1.807) is 6.21 Å². The van der Waals surface area contributed by atoms with E-state index < -0.39 is 0 Å². The molecule has 0 radical (unpaired) electrons. The quantitative estimate of drug-likeness (QED) is 0.366. The van der Waals surface area contributed by atoms with Crippen molar-refractivity contribution in [2.45, 2.75) is 44.8 Å². The third-order valence-corrected chi connectivity index (χ3v) is 5.46. The van der Waals surface area contributed by atoms with Gasteiger partial charge >= 0.3 is 0 Å². The molecule has 2 aromatic rings. The average molecular weight is 446 g/mol. The van der Waals surface area contributed by atoms with E-state index in [2.05, 4.69) is 31.8 Å². The first kappa shape index (κ1) is 19.8. The van der Waals surface area contributed by atoms with Crippen LogP contribution in [0.15, 0.2) is 58.1 Å². The molecule has 3 rings (SSSR count). The third kappa shape index (κ3) is 6.63. The van der Waals surface area contributed by atoms with Gasteiger partial charge in [-0.25, -0.2) is 0 Å². The van der Waals surface area contributed by atoms with Gasteiger partial charge < -0.3 is 10.1 Å². The topological polar surface area (TPSA) is 45.7 Å². The average Bonchev–Trinajstić information content (AvgIpc) is 2.70. The van der Waals surface area contributed by atoms with Gasteiger partial charge in [0, 0.05) is 16.1 Å². The first-order chi connectivity index (χ1) is 13.2. The van der Waals surface area contributed by atoms with Crippen molar-refractivity contribution >= 4 is 39.5 Å². The van der Waals surface area contributed by atoms with Crippen molar-refractivity contribution in [2.24, 2.45) is 5.10 Å². The van der Waals surface area contributed by atoms with Crippen LogP contribution in [0, 0.1) is 0 Å². The summed E-state index contributed by atoms with van der Waals surface area (Å²) in [5.74, 6) is 0.798. The lowest BCUT2D eigenvalue weighted by Crippen LogP contribution is -2.40. The van der Waals surface area contributed by atoms with E-state index in [0.29, 0.717) is 17.8 Å². The maximum atomic E-state index is 5.87. The number of hydrogen-bond donors (Lipinski definition) is 2. The number of hydrogen-bond acceptors (Lipinski definition) is 3. The molecule has 0 atom stereocenters. The van der Waals surface area contributed by atoms with Gasteiger partial charge in [0.05, 0.1) is 6.21 Å². The van der Waals surface area contributed by atoms with Gasteiger partial charge in [0.25, 0.3) is 0 Å². The normalized spacial score (nSPS) is 14.9. The van der Waals surface area contributed by atoms with Crippen LogP contribution in [0.1, 0.15) is 43.2 Å². The molecular weight excluding hydrogens is 422 g/mol. The van der Waals surface area contributed by atoms with E-state index in [9.17, 15) is 0 Å². The second kappa shape index (κ2) is 10.4. The van der Waals surface area contributed by atoms with Gasteiger partial charge in [0.1, 0.15) is 12.4 Å².